The Morgan fingerprint density at radius 1 is 1.04 bits per heavy atom. The molecule has 130 valence electrons. The molecule has 1 fully saturated rings. The fourth-order valence-corrected chi connectivity index (χ4v) is 3.64. The molecule has 1 aromatic heterocycles. The van der Waals surface area contributed by atoms with E-state index in [1.54, 1.807) is 6.92 Å². The van der Waals surface area contributed by atoms with Crippen molar-refractivity contribution < 1.29 is 4.79 Å². The molecule has 2 aromatic rings. The molecule has 4 rings (SSSR count). The van der Waals surface area contributed by atoms with Crippen molar-refractivity contribution in [2.75, 3.05) is 42.5 Å². The standard InChI is InChI=1S/C19H23N5O/c1-15(25)22-11-13-23(14-12-22)18-8-9-20-19(21-18)24-10-4-6-16-5-2-3-7-17(16)24/h2-3,5,7-9H,4,6,10-14H2,1H3. The third-order valence-corrected chi connectivity index (χ3v) is 5.03. The molecular formula is C19H23N5O. The predicted molar refractivity (Wildman–Crippen MR) is 98.3 cm³/mol. The molecule has 0 unspecified atom stereocenters. The Labute approximate surface area is 148 Å². The number of amides is 1. The molecule has 0 spiro atoms. The van der Waals surface area contributed by atoms with Gasteiger partial charge in [-0.15, -0.1) is 0 Å². The number of aryl methyl sites for hydroxylation is 1. The first-order valence-electron chi connectivity index (χ1n) is 8.91. The second-order valence-corrected chi connectivity index (χ2v) is 6.59. The van der Waals surface area contributed by atoms with E-state index in [0.29, 0.717) is 0 Å². The Bertz CT molecular complexity index is 770. The van der Waals surface area contributed by atoms with E-state index < -0.39 is 0 Å². The third kappa shape index (κ3) is 3.16. The molecule has 0 atom stereocenters. The van der Waals surface area contributed by atoms with Gasteiger partial charge in [-0.2, -0.15) is 4.98 Å². The molecule has 1 saturated heterocycles. The monoisotopic (exact) mass is 337 g/mol. The van der Waals surface area contributed by atoms with E-state index in [4.69, 9.17) is 4.98 Å². The van der Waals surface area contributed by atoms with Gasteiger partial charge in [-0.3, -0.25) is 4.79 Å². The minimum atomic E-state index is 0.146. The van der Waals surface area contributed by atoms with Gasteiger partial charge in [0.25, 0.3) is 0 Å². The van der Waals surface area contributed by atoms with Crippen molar-refractivity contribution in [2.24, 2.45) is 0 Å². The van der Waals surface area contributed by atoms with Gasteiger partial charge in [0, 0.05) is 51.5 Å². The highest BCUT2D eigenvalue weighted by Crippen LogP contribution is 2.31. The maximum Gasteiger partial charge on any atom is 0.231 e. The zero-order chi connectivity index (χ0) is 17.2. The van der Waals surface area contributed by atoms with Crippen LogP contribution in [0.5, 0.6) is 0 Å². The molecule has 2 aliphatic heterocycles. The van der Waals surface area contributed by atoms with Crippen molar-refractivity contribution in [2.45, 2.75) is 19.8 Å². The maximum atomic E-state index is 11.5. The average molecular weight is 337 g/mol. The summed E-state index contributed by atoms with van der Waals surface area (Å²) in [6.45, 7) is 5.70. The van der Waals surface area contributed by atoms with E-state index in [2.05, 4.69) is 39.0 Å². The van der Waals surface area contributed by atoms with Crippen LogP contribution in [0.2, 0.25) is 0 Å². The Kier molecular flexibility index (Phi) is 4.26. The minimum absolute atomic E-state index is 0.146. The average Bonchev–Trinajstić information content (AvgIpc) is 2.68. The van der Waals surface area contributed by atoms with Gasteiger partial charge >= 0.3 is 0 Å². The number of fused-ring (bicyclic) bond motifs is 1. The van der Waals surface area contributed by atoms with Crippen molar-refractivity contribution in [3.8, 4) is 0 Å². The summed E-state index contributed by atoms with van der Waals surface area (Å²) < 4.78 is 0. The first-order valence-corrected chi connectivity index (χ1v) is 8.91. The summed E-state index contributed by atoms with van der Waals surface area (Å²) in [4.78, 5) is 27.2. The van der Waals surface area contributed by atoms with Crippen LogP contribution in [0, 0.1) is 0 Å². The molecular weight excluding hydrogens is 314 g/mol. The lowest BCUT2D eigenvalue weighted by molar-refractivity contribution is -0.129. The topological polar surface area (TPSA) is 52.6 Å². The van der Waals surface area contributed by atoms with Crippen LogP contribution in [0.1, 0.15) is 18.9 Å². The maximum absolute atomic E-state index is 11.5. The van der Waals surface area contributed by atoms with Gasteiger partial charge in [0.1, 0.15) is 5.82 Å². The number of rotatable bonds is 2. The molecule has 6 heteroatoms. The fourth-order valence-electron chi connectivity index (χ4n) is 3.64. The van der Waals surface area contributed by atoms with E-state index >= 15 is 0 Å². The Hall–Kier alpha value is -2.63. The summed E-state index contributed by atoms with van der Waals surface area (Å²) in [5.41, 5.74) is 2.57. The number of hydrogen-bond donors (Lipinski definition) is 0. The number of hydrogen-bond acceptors (Lipinski definition) is 5. The van der Waals surface area contributed by atoms with E-state index in [1.165, 1.54) is 11.3 Å². The third-order valence-electron chi connectivity index (χ3n) is 5.03. The van der Waals surface area contributed by atoms with E-state index in [0.717, 1.165) is 57.3 Å². The number of aromatic nitrogens is 2. The van der Waals surface area contributed by atoms with E-state index in [1.807, 2.05) is 17.2 Å². The van der Waals surface area contributed by atoms with Gasteiger partial charge in [-0.1, -0.05) is 18.2 Å². The highest BCUT2D eigenvalue weighted by Gasteiger charge is 2.23. The first-order chi connectivity index (χ1) is 12.2. The van der Waals surface area contributed by atoms with E-state index in [-0.39, 0.29) is 5.91 Å². The van der Waals surface area contributed by atoms with Gasteiger partial charge in [-0.05, 0) is 30.5 Å². The Morgan fingerprint density at radius 2 is 1.84 bits per heavy atom. The quantitative estimate of drug-likeness (QED) is 0.841. The summed E-state index contributed by atoms with van der Waals surface area (Å²) in [6.07, 6.45) is 4.06. The highest BCUT2D eigenvalue weighted by atomic mass is 16.2. The number of carbonyl (C=O) groups excluding carboxylic acids is 1. The number of piperazine rings is 1. The number of nitrogens with zero attached hydrogens (tertiary/aromatic N) is 5. The van der Waals surface area contributed by atoms with Gasteiger partial charge in [0.2, 0.25) is 11.9 Å². The van der Waals surface area contributed by atoms with Crippen molar-refractivity contribution >= 4 is 23.4 Å². The summed E-state index contributed by atoms with van der Waals surface area (Å²) in [6, 6.07) is 10.5. The molecule has 3 heterocycles. The molecule has 1 aromatic carbocycles. The molecule has 0 aliphatic carbocycles. The van der Waals surface area contributed by atoms with Crippen LogP contribution >= 0.6 is 0 Å². The molecule has 2 aliphatic rings. The summed E-state index contributed by atoms with van der Waals surface area (Å²) in [5.74, 6) is 1.85. The smallest absolute Gasteiger partial charge is 0.231 e. The van der Waals surface area contributed by atoms with Gasteiger partial charge in [0.05, 0.1) is 0 Å². The first kappa shape index (κ1) is 15.9. The van der Waals surface area contributed by atoms with Crippen LogP contribution in [0.15, 0.2) is 36.5 Å². The molecule has 1 amide bonds. The van der Waals surface area contributed by atoms with Gasteiger partial charge < -0.3 is 14.7 Å². The van der Waals surface area contributed by atoms with Crippen molar-refractivity contribution in [3.63, 3.8) is 0 Å². The number of carbonyl (C=O) groups is 1. The second kappa shape index (κ2) is 6.70. The zero-order valence-electron chi connectivity index (χ0n) is 14.6. The molecule has 0 bridgehead atoms. The predicted octanol–water partition coefficient (Wildman–Crippen LogP) is 2.23. The Balaban J connectivity index is 1.56. The van der Waals surface area contributed by atoms with Crippen LogP contribution in [-0.4, -0.2) is 53.5 Å². The van der Waals surface area contributed by atoms with Crippen LogP contribution in [0.4, 0.5) is 17.5 Å². The number of anilines is 3. The van der Waals surface area contributed by atoms with Crippen molar-refractivity contribution in [3.05, 3.63) is 42.1 Å². The highest BCUT2D eigenvalue weighted by molar-refractivity contribution is 5.73. The fraction of sp³-hybridized carbons (Fsp3) is 0.421. The number of benzene rings is 1. The lowest BCUT2D eigenvalue weighted by Crippen LogP contribution is -2.48. The minimum Gasteiger partial charge on any atom is -0.353 e. The van der Waals surface area contributed by atoms with Crippen LogP contribution in [-0.2, 0) is 11.2 Å². The second-order valence-electron chi connectivity index (χ2n) is 6.59. The molecule has 0 saturated carbocycles. The van der Waals surface area contributed by atoms with Crippen LogP contribution in [0.3, 0.4) is 0 Å². The summed E-state index contributed by atoms with van der Waals surface area (Å²) >= 11 is 0. The summed E-state index contributed by atoms with van der Waals surface area (Å²) in [5, 5.41) is 0. The van der Waals surface area contributed by atoms with Crippen LogP contribution in [0.25, 0.3) is 0 Å². The summed E-state index contributed by atoms with van der Waals surface area (Å²) in [7, 11) is 0. The largest absolute Gasteiger partial charge is 0.353 e. The molecule has 6 nitrogen and oxygen atoms in total. The zero-order valence-corrected chi connectivity index (χ0v) is 14.6. The molecule has 0 N–H and O–H groups in total. The SMILES string of the molecule is CC(=O)N1CCN(c2ccnc(N3CCCc4ccccc43)n2)CC1. The molecule has 0 radical (unpaired) electrons. The van der Waals surface area contributed by atoms with Gasteiger partial charge in [0.15, 0.2) is 0 Å². The molecule has 25 heavy (non-hydrogen) atoms. The normalized spacial score (nSPS) is 17.4. The van der Waals surface area contributed by atoms with Crippen LogP contribution < -0.4 is 9.80 Å². The van der Waals surface area contributed by atoms with Gasteiger partial charge in [-0.25, -0.2) is 4.98 Å². The number of para-hydroxylation sites is 1. The lowest BCUT2D eigenvalue weighted by atomic mass is 10.0. The van der Waals surface area contributed by atoms with Crippen molar-refractivity contribution in [1.82, 2.24) is 14.9 Å². The van der Waals surface area contributed by atoms with Crippen molar-refractivity contribution in [1.29, 1.82) is 0 Å². The lowest BCUT2D eigenvalue weighted by Gasteiger charge is -2.35. The van der Waals surface area contributed by atoms with E-state index in [9.17, 15) is 4.79 Å². The Morgan fingerprint density at radius 3 is 2.64 bits per heavy atom.